The number of aryl methyl sites for hydroxylation is 2. The summed E-state index contributed by atoms with van der Waals surface area (Å²) < 4.78 is 16.2. The number of benzene rings is 1. The third-order valence-electron chi connectivity index (χ3n) is 2.97. The molecule has 0 fully saturated rings. The summed E-state index contributed by atoms with van der Waals surface area (Å²) in [6, 6.07) is 3.25. The van der Waals surface area contributed by atoms with Gasteiger partial charge < -0.3 is 9.88 Å². The second-order valence-electron chi connectivity index (χ2n) is 5.46. The maximum Gasteiger partial charge on any atom is 0.207 e. The van der Waals surface area contributed by atoms with Gasteiger partial charge in [-0.25, -0.2) is 9.37 Å². The van der Waals surface area contributed by atoms with Gasteiger partial charge in [0.25, 0.3) is 0 Å². The molecule has 0 radical (unpaired) electrons. The molecule has 0 bridgehead atoms. The average molecular weight is 340 g/mol. The molecule has 0 saturated heterocycles. The number of hydrogen-bond acceptors (Lipinski definition) is 2. The molecule has 20 heavy (non-hydrogen) atoms. The Morgan fingerprint density at radius 2 is 2.05 bits per heavy atom. The van der Waals surface area contributed by atoms with E-state index in [0.717, 1.165) is 29.4 Å². The SMILES string of the molecule is Cc1cn(CC(C)C)c(Nc2cc(F)c(Br)cc2C)n1. The molecule has 3 nitrogen and oxygen atoms in total. The molecule has 2 aromatic rings. The average Bonchev–Trinajstić information content (AvgIpc) is 2.65. The van der Waals surface area contributed by atoms with Gasteiger partial charge in [-0.2, -0.15) is 0 Å². The monoisotopic (exact) mass is 339 g/mol. The number of aromatic nitrogens is 2. The fraction of sp³-hybridized carbons (Fsp3) is 0.400. The third kappa shape index (κ3) is 3.39. The molecule has 0 spiro atoms. The quantitative estimate of drug-likeness (QED) is 0.866. The number of hydrogen-bond donors (Lipinski definition) is 1. The van der Waals surface area contributed by atoms with Crippen molar-refractivity contribution in [3.63, 3.8) is 0 Å². The van der Waals surface area contributed by atoms with Crippen molar-refractivity contribution in [1.29, 1.82) is 0 Å². The van der Waals surface area contributed by atoms with E-state index in [1.807, 2.05) is 20.0 Å². The smallest absolute Gasteiger partial charge is 0.207 e. The molecule has 0 saturated carbocycles. The fourth-order valence-electron chi connectivity index (χ4n) is 2.08. The van der Waals surface area contributed by atoms with E-state index in [2.05, 4.69) is 44.6 Å². The van der Waals surface area contributed by atoms with E-state index in [-0.39, 0.29) is 5.82 Å². The fourth-order valence-corrected chi connectivity index (χ4v) is 2.54. The Labute approximate surface area is 127 Å². The van der Waals surface area contributed by atoms with Gasteiger partial charge in [-0.05, 0) is 53.4 Å². The Balaban J connectivity index is 2.32. The summed E-state index contributed by atoms with van der Waals surface area (Å²) in [5, 5.41) is 3.23. The summed E-state index contributed by atoms with van der Waals surface area (Å²) in [6.45, 7) is 9.08. The summed E-state index contributed by atoms with van der Waals surface area (Å²) in [4.78, 5) is 4.47. The van der Waals surface area contributed by atoms with E-state index in [9.17, 15) is 4.39 Å². The second-order valence-corrected chi connectivity index (χ2v) is 6.31. The van der Waals surface area contributed by atoms with Gasteiger partial charge in [-0.1, -0.05) is 13.8 Å². The van der Waals surface area contributed by atoms with Crippen LogP contribution in [0.2, 0.25) is 0 Å². The zero-order valence-corrected chi connectivity index (χ0v) is 13.8. The van der Waals surface area contributed by atoms with Gasteiger partial charge in [-0.3, -0.25) is 0 Å². The first-order valence-electron chi connectivity index (χ1n) is 6.63. The van der Waals surface area contributed by atoms with Crippen LogP contribution in [0.5, 0.6) is 0 Å². The van der Waals surface area contributed by atoms with Crippen molar-refractivity contribution >= 4 is 27.6 Å². The molecule has 0 amide bonds. The Morgan fingerprint density at radius 3 is 2.70 bits per heavy atom. The van der Waals surface area contributed by atoms with Crippen LogP contribution >= 0.6 is 15.9 Å². The molecule has 0 atom stereocenters. The maximum atomic E-state index is 13.7. The first-order valence-corrected chi connectivity index (χ1v) is 7.42. The highest BCUT2D eigenvalue weighted by molar-refractivity contribution is 9.10. The van der Waals surface area contributed by atoms with Crippen molar-refractivity contribution in [3.8, 4) is 0 Å². The van der Waals surface area contributed by atoms with Crippen LogP contribution in [0.1, 0.15) is 25.1 Å². The summed E-state index contributed by atoms with van der Waals surface area (Å²) in [5.41, 5.74) is 2.65. The van der Waals surface area contributed by atoms with Crippen LogP contribution in [0.15, 0.2) is 22.8 Å². The molecule has 1 aromatic carbocycles. The zero-order chi connectivity index (χ0) is 14.9. The van der Waals surface area contributed by atoms with Gasteiger partial charge in [0.1, 0.15) is 5.82 Å². The Kier molecular flexibility index (Phi) is 4.48. The highest BCUT2D eigenvalue weighted by Crippen LogP contribution is 2.26. The minimum atomic E-state index is -0.281. The molecular formula is C15H19BrFN3. The van der Waals surface area contributed by atoms with E-state index >= 15 is 0 Å². The molecule has 0 unspecified atom stereocenters. The Hall–Kier alpha value is -1.36. The number of halogens is 2. The normalized spacial score (nSPS) is 11.2. The molecule has 0 aliphatic heterocycles. The van der Waals surface area contributed by atoms with E-state index in [1.54, 1.807) is 6.07 Å². The van der Waals surface area contributed by atoms with Crippen LogP contribution in [0.4, 0.5) is 16.0 Å². The van der Waals surface area contributed by atoms with Gasteiger partial charge >= 0.3 is 0 Å². The van der Waals surface area contributed by atoms with Crippen LogP contribution in [0, 0.1) is 25.6 Å². The molecule has 1 aromatic heterocycles. The summed E-state index contributed by atoms with van der Waals surface area (Å²) in [7, 11) is 0. The lowest BCUT2D eigenvalue weighted by Gasteiger charge is -2.13. The lowest BCUT2D eigenvalue weighted by Crippen LogP contribution is -2.08. The summed E-state index contributed by atoms with van der Waals surface area (Å²) >= 11 is 3.19. The molecule has 1 heterocycles. The third-order valence-corrected chi connectivity index (χ3v) is 3.58. The largest absolute Gasteiger partial charge is 0.325 e. The molecule has 1 N–H and O–H groups in total. The first kappa shape index (κ1) is 15.0. The zero-order valence-electron chi connectivity index (χ0n) is 12.2. The van der Waals surface area contributed by atoms with Crippen LogP contribution in [-0.2, 0) is 6.54 Å². The highest BCUT2D eigenvalue weighted by atomic mass is 79.9. The standard InChI is InChI=1S/C15H19BrFN3/c1-9(2)7-20-8-11(4)18-15(20)19-14-6-13(17)12(16)5-10(14)3/h5-6,8-9H,7H2,1-4H3,(H,18,19). The first-order chi connectivity index (χ1) is 9.36. The number of imidazole rings is 1. The molecule has 108 valence electrons. The van der Waals surface area contributed by atoms with Crippen LogP contribution in [0.25, 0.3) is 0 Å². The van der Waals surface area contributed by atoms with Crippen molar-refractivity contribution in [2.75, 3.05) is 5.32 Å². The minimum Gasteiger partial charge on any atom is -0.325 e. The topological polar surface area (TPSA) is 29.9 Å². The van der Waals surface area contributed by atoms with Crippen molar-refractivity contribution < 1.29 is 4.39 Å². The van der Waals surface area contributed by atoms with E-state index in [0.29, 0.717) is 10.4 Å². The van der Waals surface area contributed by atoms with E-state index < -0.39 is 0 Å². The predicted molar refractivity (Wildman–Crippen MR) is 83.9 cm³/mol. The van der Waals surface area contributed by atoms with Gasteiger partial charge in [0, 0.05) is 18.4 Å². The van der Waals surface area contributed by atoms with Gasteiger partial charge in [0.05, 0.1) is 10.2 Å². The Morgan fingerprint density at radius 1 is 1.35 bits per heavy atom. The summed E-state index contributed by atoms with van der Waals surface area (Å²) in [5.74, 6) is 0.990. The second kappa shape index (κ2) is 5.95. The van der Waals surface area contributed by atoms with Crippen molar-refractivity contribution in [2.45, 2.75) is 34.2 Å². The van der Waals surface area contributed by atoms with E-state index in [4.69, 9.17) is 0 Å². The molecule has 2 rings (SSSR count). The lowest BCUT2D eigenvalue weighted by atomic mass is 10.2. The number of nitrogens with zero attached hydrogens (tertiary/aromatic N) is 2. The van der Waals surface area contributed by atoms with Crippen LogP contribution in [0.3, 0.4) is 0 Å². The highest BCUT2D eigenvalue weighted by Gasteiger charge is 2.11. The summed E-state index contributed by atoms with van der Waals surface area (Å²) in [6.07, 6.45) is 2.01. The maximum absolute atomic E-state index is 13.7. The number of rotatable bonds is 4. The Bertz CT molecular complexity index is 620. The van der Waals surface area contributed by atoms with E-state index in [1.165, 1.54) is 6.07 Å². The van der Waals surface area contributed by atoms with Crippen molar-refractivity contribution in [1.82, 2.24) is 9.55 Å². The van der Waals surface area contributed by atoms with Crippen molar-refractivity contribution in [3.05, 3.63) is 39.9 Å². The van der Waals surface area contributed by atoms with Crippen molar-refractivity contribution in [2.24, 2.45) is 5.92 Å². The molecule has 0 aliphatic carbocycles. The van der Waals surface area contributed by atoms with Crippen LogP contribution in [-0.4, -0.2) is 9.55 Å². The lowest BCUT2D eigenvalue weighted by molar-refractivity contribution is 0.527. The predicted octanol–water partition coefficient (Wildman–Crippen LogP) is 4.80. The minimum absolute atomic E-state index is 0.281. The van der Waals surface area contributed by atoms with Crippen LogP contribution < -0.4 is 5.32 Å². The van der Waals surface area contributed by atoms with Gasteiger partial charge in [0.15, 0.2) is 0 Å². The van der Waals surface area contributed by atoms with Gasteiger partial charge in [0.2, 0.25) is 5.95 Å². The molecule has 5 heteroatoms. The molecule has 0 aliphatic rings. The number of anilines is 2. The van der Waals surface area contributed by atoms with Gasteiger partial charge in [-0.15, -0.1) is 0 Å². The number of nitrogens with one attached hydrogen (secondary N) is 1. The molecular weight excluding hydrogens is 321 g/mol.